The molecule has 0 aromatic heterocycles. The van der Waals surface area contributed by atoms with E-state index in [0.29, 0.717) is 6.54 Å². The second-order valence-corrected chi connectivity index (χ2v) is 6.52. The maximum absolute atomic E-state index is 11.0. The Morgan fingerprint density at radius 2 is 1.95 bits per heavy atom. The molecule has 0 aliphatic carbocycles. The van der Waals surface area contributed by atoms with Crippen molar-refractivity contribution in [1.82, 2.24) is 0 Å². The lowest BCUT2D eigenvalue weighted by molar-refractivity contribution is -0.137. The highest BCUT2D eigenvalue weighted by Crippen LogP contribution is 2.27. The van der Waals surface area contributed by atoms with Crippen LogP contribution in [0.1, 0.15) is 23.5 Å². The van der Waals surface area contributed by atoms with Gasteiger partial charge in [-0.15, -0.1) is 0 Å². The Balaban J connectivity index is 3.09. The van der Waals surface area contributed by atoms with Crippen molar-refractivity contribution < 1.29 is 9.90 Å². The third kappa shape index (κ3) is 5.60. The molecule has 1 rings (SSSR count). The second-order valence-electron chi connectivity index (χ2n) is 4.94. The van der Waals surface area contributed by atoms with Crippen LogP contribution in [0.3, 0.4) is 0 Å². The van der Waals surface area contributed by atoms with Gasteiger partial charge < -0.3 is 15.7 Å². The Kier molecular flexibility index (Phi) is 8.29. The molecule has 1 unspecified atom stereocenters. The van der Waals surface area contributed by atoms with Gasteiger partial charge in [-0.1, -0.05) is 37.9 Å². The molecular weight excluding hydrogens is 400 g/mol. The average molecular weight is 422 g/mol. The van der Waals surface area contributed by atoms with Crippen LogP contribution in [0.25, 0.3) is 0 Å². The van der Waals surface area contributed by atoms with Gasteiger partial charge in [-0.3, -0.25) is 4.79 Å². The SMILES string of the molecule is Cc1ccc(N(CCBr)CCBr)cc1C(CN)CC(=O)O. The highest BCUT2D eigenvalue weighted by atomic mass is 79.9. The minimum absolute atomic E-state index is 0.0671. The van der Waals surface area contributed by atoms with Crippen LogP contribution in [0, 0.1) is 6.92 Å². The first-order valence-electron chi connectivity index (χ1n) is 6.92. The van der Waals surface area contributed by atoms with Crippen LogP contribution < -0.4 is 10.6 Å². The van der Waals surface area contributed by atoms with E-state index in [0.717, 1.165) is 40.6 Å². The number of rotatable bonds is 9. The van der Waals surface area contributed by atoms with Gasteiger partial charge in [0.25, 0.3) is 0 Å². The largest absolute Gasteiger partial charge is 0.481 e. The minimum Gasteiger partial charge on any atom is -0.481 e. The van der Waals surface area contributed by atoms with Crippen LogP contribution in [0.2, 0.25) is 0 Å². The standard InChI is InChI=1S/C15H22Br2N2O2/c1-11-2-3-13(19(6-4-16)7-5-17)9-14(11)12(10-18)8-15(20)21/h2-3,9,12H,4-8,10,18H2,1H3,(H,20,21). The zero-order valence-corrected chi connectivity index (χ0v) is 15.4. The predicted molar refractivity (Wildman–Crippen MR) is 95.0 cm³/mol. The van der Waals surface area contributed by atoms with Gasteiger partial charge in [-0.05, 0) is 36.7 Å². The highest BCUT2D eigenvalue weighted by molar-refractivity contribution is 9.09. The number of hydrogen-bond acceptors (Lipinski definition) is 3. The van der Waals surface area contributed by atoms with Crippen molar-refractivity contribution in [2.75, 3.05) is 35.2 Å². The van der Waals surface area contributed by atoms with Gasteiger partial charge in [-0.25, -0.2) is 0 Å². The Bertz CT molecular complexity index is 463. The predicted octanol–water partition coefficient (Wildman–Crippen LogP) is 3.11. The first-order valence-corrected chi connectivity index (χ1v) is 9.17. The van der Waals surface area contributed by atoms with Crippen molar-refractivity contribution in [3.8, 4) is 0 Å². The third-order valence-corrected chi connectivity index (χ3v) is 4.19. The maximum Gasteiger partial charge on any atom is 0.304 e. The molecule has 0 saturated carbocycles. The van der Waals surface area contributed by atoms with Crippen molar-refractivity contribution in [3.05, 3.63) is 29.3 Å². The molecule has 0 bridgehead atoms. The Labute approximate surface area is 143 Å². The summed E-state index contributed by atoms with van der Waals surface area (Å²) < 4.78 is 0. The van der Waals surface area contributed by atoms with E-state index in [1.807, 2.05) is 13.0 Å². The van der Waals surface area contributed by atoms with E-state index in [1.54, 1.807) is 0 Å². The molecule has 0 heterocycles. The molecule has 6 heteroatoms. The average Bonchev–Trinajstić information content (AvgIpc) is 2.45. The molecule has 0 fully saturated rings. The molecule has 1 atom stereocenters. The first kappa shape index (κ1) is 18.5. The van der Waals surface area contributed by atoms with Crippen molar-refractivity contribution in [3.63, 3.8) is 0 Å². The summed E-state index contributed by atoms with van der Waals surface area (Å²) in [6.45, 7) is 4.15. The fraction of sp³-hybridized carbons (Fsp3) is 0.533. The summed E-state index contributed by atoms with van der Waals surface area (Å²) in [6.07, 6.45) is 0.0671. The van der Waals surface area contributed by atoms with E-state index < -0.39 is 5.97 Å². The number of hydrogen-bond donors (Lipinski definition) is 2. The van der Waals surface area contributed by atoms with Crippen molar-refractivity contribution >= 4 is 43.5 Å². The molecule has 0 amide bonds. The number of alkyl halides is 2. The molecule has 0 aliphatic heterocycles. The van der Waals surface area contributed by atoms with E-state index in [4.69, 9.17) is 10.8 Å². The van der Waals surface area contributed by atoms with Crippen molar-refractivity contribution in [1.29, 1.82) is 0 Å². The molecule has 1 aromatic rings. The molecule has 0 radical (unpaired) electrons. The number of aryl methyl sites for hydroxylation is 1. The van der Waals surface area contributed by atoms with Gasteiger partial charge in [0.05, 0.1) is 6.42 Å². The number of carboxylic acid groups (broad SMARTS) is 1. The normalized spacial score (nSPS) is 12.2. The lowest BCUT2D eigenvalue weighted by Crippen LogP contribution is -2.27. The number of anilines is 1. The van der Waals surface area contributed by atoms with E-state index in [1.165, 1.54) is 0 Å². The van der Waals surface area contributed by atoms with Crippen LogP contribution in [0.4, 0.5) is 5.69 Å². The smallest absolute Gasteiger partial charge is 0.304 e. The number of aliphatic carboxylic acids is 1. The molecule has 118 valence electrons. The lowest BCUT2D eigenvalue weighted by atomic mass is 9.91. The second kappa shape index (κ2) is 9.43. The molecule has 0 spiro atoms. The number of benzene rings is 1. The van der Waals surface area contributed by atoms with Gasteiger partial charge in [0, 0.05) is 35.4 Å². The van der Waals surface area contributed by atoms with Crippen molar-refractivity contribution in [2.24, 2.45) is 5.73 Å². The number of nitrogens with zero attached hydrogens (tertiary/aromatic N) is 1. The van der Waals surface area contributed by atoms with E-state index in [9.17, 15) is 4.79 Å². The fourth-order valence-corrected chi connectivity index (χ4v) is 3.23. The zero-order valence-electron chi connectivity index (χ0n) is 12.2. The quantitative estimate of drug-likeness (QED) is 0.601. The van der Waals surface area contributed by atoms with Gasteiger partial charge >= 0.3 is 5.97 Å². The summed E-state index contributed by atoms with van der Waals surface area (Å²) in [4.78, 5) is 13.3. The van der Waals surface area contributed by atoms with Gasteiger partial charge in [0.1, 0.15) is 0 Å². The number of carbonyl (C=O) groups is 1. The van der Waals surface area contributed by atoms with E-state index in [-0.39, 0.29) is 12.3 Å². The third-order valence-electron chi connectivity index (χ3n) is 3.48. The molecule has 4 nitrogen and oxygen atoms in total. The maximum atomic E-state index is 11.0. The summed E-state index contributed by atoms with van der Waals surface area (Å²) in [5.41, 5.74) is 9.01. The van der Waals surface area contributed by atoms with E-state index >= 15 is 0 Å². The Hall–Kier alpha value is -0.590. The fourth-order valence-electron chi connectivity index (χ4n) is 2.37. The van der Waals surface area contributed by atoms with Crippen LogP contribution in [-0.4, -0.2) is 41.4 Å². The lowest BCUT2D eigenvalue weighted by Gasteiger charge is -2.25. The van der Waals surface area contributed by atoms with Crippen molar-refractivity contribution in [2.45, 2.75) is 19.3 Å². The first-order chi connectivity index (χ1) is 10.0. The summed E-state index contributed by atoms with van der Waals surface area (Å²) in [5, 5.41) is 10.8. The molecule has 1 aromatic carbocycles. The Morgan fingerprint density at radius 1 is 1.33 bits per heavy atom. The molecule has 21 heavy (non-hydrogen) atoms. The Morgan fingerprint density at radius 3 is 2.43 bits per heavy atom. The molecular formula is C15H22Br2N2O2. The van der Waals surface area contributed by atoms with Crippen LogP contribution in [-0.2, 0) is 4.79 Å². The van der Waals surface area contributed by atoms with Crippen LogP contribution in [0.5, 0.6) is 0 Å². The molecule has 0 saturated heterocycles. The summed E-state index contributed by atoms with van der Waals surface area (Å²) in [5.74, 6) is -0.953. The minimum atomic E-state index is -0.812. The monoisotopic (exact) mass is 420 g/mol. The number of nitrogens with two attached hydrogens (primary N) is 1. The molecule has 0 aliphatic rings. The topological polar surface area (TPSA) is 66.6 Å². The van der Waals surface area contributed by atoms with Gasteiger partial charge in [0.2, 0.25) is 0 Å². The zero-order chi connectivity index (χ0) is 15.8. The van der Waals surface area contributed by atoms with E-state index in [2.05, 4.69) is 48.9 Å². The van der Waals surface area contributed by atoms with Gasteiger partial charge in [0.15, 0.2) is 0 Å². The highest BCUT2D eigenvalue weighted by Gasteiger charge is 2.17. The van der Waals surface area contributed by atoms with Gasteiger partial charge in [-0.2, -0.15) is 0 Å². The summed E-state index contributed by atoms with van der Waals surface area (Å²) >= 11 is 6.94. The summed E-state index contributed by atoms with van der Waals surface area (Å²) in [7, 11) is 0. The number of halogens is 2. The van der Waals surface area contributed by atoms with Crippen LogP contribution >= 0.6 is 31.9 Å². The summed E-state index contributed by atoms with van der Waals surface area (Å²) in [6, 6.07) is 6.21. The molecule has 3 N–H and O–H groups in total. The van der Waals surface area contributed by atoms with Crippen LogP contribution in [0.15, 0.2) is 18.2 Å². The number of carboxylic acids is 1.